The summed E-state index contributed by atoms with van der Waals surface area (Å²) in [5.41, 5.74) is 5.86. The summed E-state index contributed by atoms with van der Waals surface area (Å²) in [5, 5.41) is 0. The van der Waals surface area contributed by atoms with Gasteiger partial charge in [-0.2, -0.15) is 0 Å². The normalized spacial score (nSPS) is 10.5. The van der Waals surface area contributed by atoms with Gasteiger partial charge in [-0.1, -0.05) is 55.5 Å². The average Bonchev–Trinajstić information content (AvgIpc) is 2.38. The second-order valence-corrected chi connectivity index (χ2v) is 4.55. The highest BCUT2D eigenvalue weighted by Crippen LogP contribution is 2.15. The lowest BCUT2D eigenvalue weighted by atomic mass is 9.97. The lowest BCUT2D eigenvalue weighted by molar-refractivity contribution is 0.923. The Morgan fingerprint density at radius 1 is 0.706 bits per heavy atom. The van der Waals surface area contributed by atoms with E-state index in [2.05, 4.69) is 62.4 Å². The lowest BCUT2D eigenvalue weighted by Gasteiger charge is -2.09. The van der Waals surface area contributed by atoms with Crippen molar-refractivity contribution in [3.8, 4) is 0 Å². The molecule has 0 fully saturated rings. The zero-order valence-corrected chi connectivity index (χ0v) is 10.7. The second-order valence-electron chi connectivity index (χ2n) is 4.55. The van der Waals surface area contributed by atoms with Crippen LogP contribution in [0.5, 0.6) is 0 Å². The van der Waals surface area contributed by atoms with Gasteiger partial charge in [0.15, 0.2) is 0 Å². The van der Waals surface area contributed by atoms with Crippen LogP contribution in [0.1, 0.15) is 29.2 Å². The molecule has 17 heavy (non-hydrogen) atoms. The van der Waals surface area contributed by atoms with Crippen LogP contribution in [0.3, 0.4) is 0 Å². The van der Waals surface area contributed by atoms with Gasteiger partial charge in [0.25, 0.3) is 0 Å². The van der Waals surface area contributed by atoms with Gasteiger partial charge in [0, 0.05) is 0 Å². The lowest BCUT2D eigenvalue weighted by Crippen LogP contribution is -1.97. The van der Waals surface area contributed by atoms with E-state index >= 15 is 0 Å². The zero-order chi connectivity index (χ0) is 12.1. The molecule has 2 aromatic rings. The third-order valence-corrected chi connectivity index (χ3v) is 3.42. The second kappa shape index (κ2) is 5.67. The molecule has 0 saturated heterocycles. The topological polar surface area (TPSA) is 0 Å². The Morgan fingerprint density at radius 2 is 1.24 bits per heavy atom. The molecule has 0 heterocycles. The van der Waals surface area contributed by atoms with Crippen molar-refractivity contribution in [1.29, 1.82) is 0 Å². The SMILES string of the molecule is CCc1ccccc1CCc1ccccc1C. The highest BCUT2D eigenvalue weighted by Gasteiger charge is 2.02. The molecular formula is C17H20. The van der Waals surface area contributed by atoms with E-state index in [0.29, 0.717) is 0 Å². The maximum Gasteiger partial charge on any atom is -0.0235 e. The molecule has 0 spiro atoms. The van der Waals surface area contributed by atoms with Gasteiger partial charge in [-0.3, -0.25) is 0 Å². The molecule has 0 amide bonds. The number of benzene rings is 2. The van der Waals surface area contributed by atoms with Crippen molar-refractivity contribution in [2.24, 2.45) is 0 Å². The standard InChI is InChI=1S/C17H20/c1-3-15-9-6-7-11-17(15)13-12-16-10-5-4-8-14(16)2/h4-11H,3,12-13H2,1-2H3. The van der Waals surface area contributed by atoms with Crippen LogP contribution < -0.4 is 0 Å². The Kier molecular flexibility index (Phi) is 3.98. The molecule has 0 bridgehead atoms. The van der Waals surface area contributed by atoms with Crippen molar-refractivity contribution in [2.45, 2.75) is 33.1 Å². The fraction of sp³-hybridized carbons (Fsp3) is 0.294. The predicted octanol–water partition coefficient (Wildman–Crippen LogP) is 4.34. The van der Waals surface area contributed by atoms with Gasteiger partial charge in [-0.15, -0.1) is 0 Å². The van der Waals surface area contributed by atoms with Crippen molar-refractivity contribution < 1.29 is 0 Å². The van der Waals surface area contributed by atoms with Crippen LogP contribution in [-0.4, -0.2) is 0 Å². The largest absolute Gasteiger partial charge is 0.0620 e. The third kappa shape index (κ3) is 2.97. The van der Waals surface area contributed by atoms with E-state index in [1.165, 1.54) is 22.3 Å². The molecule has 0 aliphatic rings. The van der Waals surface area contributed by atoms with Crippen LogP contribution in [0.4, 0.5) is 0 Å². The van der Waals surface area contributed by atoms with Gasteiger partial charge >= 0.3 is 0 Å². The minimum Gasteiger partial charge on any atom is -0.0620 e. The highest BCUT2D eigenvalue weighted by atomic mass is 14.1. The van der Waals surface area contributed by atoms with Crippen LogP contribution >= 0.6 is 0 Å². The molecule has 0 aromatic heterocycles. The molecular weight excluding hydrogens is 204 g/mol. The number of hydrogen-bond acceptors (Lipinski definition) is 0. The summed E-state index contributed by atoms with van der Waals surface area (Å²) >= 11 is 0. The fourth-order valence-electron chi connectivity index (χ4n) is 2.31. The van der Waals surface area contributed by atoms with Crippen LogP contribution in [0.15, 0.2) is 48.5 Å². The summed E-state index contributed by atoms with van der Waals surface area (Å²) in [7, 11) is 0. The van der Waals surface area contributed by atoms with Crippen LogP contribution in [0.25, 0.3) is 0 Å². The molecule has 0 aliphatic carbocycles. The molecule has 88 valence electrons. The Labute approximate surface area is 104 Å². The van der Waals surface area contributed by atoms with Gasteiger partial charge in [-0.05, 0) is 48.4 Å². The molecule has 0 atom stereocenters. The van der Waals surface area contributed by atoms with Gasteiger partial charge in [0.1, 0.15) is 0 Å². The molecule has 0 nitrogen and oxygen atoms in total. The maximum atomic E-state index is 2.26. The highest BCUT2D eigenvalue weighted by molar-refractivity contribution is 5.30. The summed E-state index contributed by atoms with van der Waals surface area (Å²) in [4.78, 5) is 0. The minimum atomic E-state index is 1.13. The van der Waals surface area contributed by atoms with Crippen LogP contribution in [-0.2, 0) is 19.3 Å². The summed E-state index contributed by atoms with van der Waals surface area (Å²) in [5.74, 6) is 0. The first-order valence-electron chi connectivity index (χ1n) is 6.42. The van der Waals surface area contributed by atoms with Gasteiger partial charge in [0.2, 0.25) is 0 Å². The van der Waals surface area contributed by atoms with Crippen molar-refractivity contribution in [2.75, 3.05) is 0 Å². The van der Waals surface area contributed by atoms with Gasteiger partial charge in [0.05, 0.1) is 0 Å². The number of aryl methyl sites for hydroxylation is 4. The minimum absolute atomic E-state index is 1.13. The monoisotopic (exact) mass is 224 g/mol. The van der Waals surface area contributed by atoms with Crippen molar-refractivity contribution in [3.05, 3.63) is 70.8 Å². The summed E-state index contributed by atoms with van der Waals surface area (Å²) in [6, 6.07) is 17.5. The molecule has 0 N–H and O–H groups in total. The predicted molar refractivity (Wildman–Crippen MR) is 74.4 cm³/mol. The summed E-state index contributed by atoms with van der Waals surface area (Å²) in [6.07, 6.45) is 3.42. The Balaban J connectivity index is 2.10. The van der Waals surface area contributed by atoms with Gasteiger partial charge < -0.3 is 0 Å². The van der Waals surface area contributed by atoms with Crippen LogP contribution in [0.2, 0.25) is 0 Å². The third-order valence-electron chi connectivity index (χ3n) is 3.42. The van der Waals surface area contributed by atoms with Crippen LogP contribution in [0, 0.1) is 6.92 Å². The van der Waals surface area contributed by atoms with E-state index in [4.69, 9.17) is 0 Å². The van der Waals surface area contributed by atoms with Crippen molar-refractivity contribution >= 4 is 0 Å². The maximum absolute atomic E-state index is 2.26. The first-order valence-corrected chi connectivity index (χ1v) is 6.42. The van der Waals surface area contributed by atoms with E-state index in [-0.39, 0.29) is 0 Å². The molecule has 0 unspecified atom stereocenters. The van der Waals surface area contributed by atoms with E-state index in [1.54, 1.807) is 0 Å². The summed E-state index contributed by atoms with van der Waals surface area (Å²) in [6.45, 7) is 4.42. The zero-order valence-electron chi connectivity index (χ0n) is 10.7. The molecule has 0 saturated carbocycles. The molecule has 0 radical (unpaired) electrons. The Bertz CT molecular complexity index is 483. The quantitative estimate of drug-likeness (QED) is 0.724. The molecule has 2 aromatic carbocycles. The molecule has 2 rings (SSSR count). The van der Waals surface area contributed by atoms with Crippen molar-refractivity contribution in [3.63, 3.8) is 0 Å². The smallest absolute Gasteiger partial charge is 0.0235 e. The fourth-order valence-corrected chi connectivity index (χ4v) is 2.31. The van der Waals surface area contributed by atoms with E-state index < -0.39 is 0 Å². The molecule has 0 aliphatic heterocycles. The Morgan fingerprint density at radius 3 is 1.88 bits per heavy atom. The first kappa shape index (κ1) is 11.9. The first-order chi connectivity index (χ1) is 8.31. The van der Waals surface area contributed by atoms with E-state index in [0.717, 1.165) is 19.3 Å². The van der Waals surface area contributed by atoms with E-state index in [9.17, 15) is 0 Å². The van der Waals surface area contributed by atoms with E-state index in [1.807, 2.05) is 0 Å². The Hall–Kier alpha value is -1.56. The number of rotatable bonds is 4. The summed E-state index contributed by atoms with van der Waals surface area (Å²) < 4.78 is 0. The van der Waals surface area contributed by atoms with Crippen molar-refractivity contribution in [1.82, 2.24) is 0 Å². The van der Waals surface area contributed by atoms with Gasteiger partial charge in [-0.25, -0.2) is 0 Å². The number of hydrogen-bond donors (Lipinski definition) is 0. The molecule has 0 heteroatoms. The average molecular weight is 224 g/mol.